The number of hydrogen-bond acceptors (Lipinski definition) is 5. The zero-order chi connectivity index (χ0) is 22.8. The minimum Gasteiger partial charge on any atom is -0.497 e. The van der Waals surface area contributed by atoms with Crippen LogP contribution >= 0.6 is 11.8 Å². The summed E-state index contributed by atoms with van der Waals surface area (Å²) >= 11 is 1.43. The molecule has 0 bridgehead atoms. The van der Waals surface area contributed by atoms with Crippen molar-refractivity contribution in [1.29, 1.82) is 0 Å². The fraction of sp³-hybridized carbons (Fsp3) is 0.192. The van der Waals surface area contributed by atoms with E-state index in [-0.39, 0.29) is 11.2 Å². The van der Waals surface area contributed by atoms with Crippen molar-refractivity contribution in [3.63, 3.8) is 0 Å². The lowest BCUT2D eigenvalue weighted by atomic mass is 10.2. The molecule has 1 aliphatic rings. The lowest BCUT2D eigenvalue weighted by Crippen LogP contribution is -2.35. The second kappa shape index (κ2) is 9.11. The van der Waals surface area contributed by atoms with Crippen molar-refractivity contribution in [2.45, 2.75) is 23.8 Å². The van der Waals surface area contributed by atoms with Crippen molar-refractivity contribution >= 4 is 23.4 Å². The van der Waals surface area contributed by atoms with Gasteiger partial charge in [-0.05, 0) is 49.2 Å². The maximum Gasteiger partial charge on any atom is 0.240 e. The van der Waals surface area contributed by atoms with Gasteiger partial charge < -0.3 is 9.64 Å². The van der Waals surface area contributed by atoms with Crippen LogP contribution in [0.1, 0.15) is 12.5 Å². The average molecular weight is 457 g/mol. The van der Waals surface area contributed by atoms with Crippen molar-refractivity contribution < 1.29 is 9.53 Å². The molecule has 166 valence electrons. The van der Waals surface area contributed by atoms with Gasteiger partial charge >= 0.3 is 0 Å². The van der Waals surface area contributed by atoms with E-state index in [1.807, 2.05) is 89.2 Å². The first kappa shape index (κ1) is 21.3. The van der Waals surface area contributed by atoms with Crippen LogP contribution in [0.3, 0.4) is 0 Å². The second-order valence-corrected chi connectivity index (χ2v) is 9.14. The molecule has 5 rings (SSSR count). The van der Waals surface area contributed by atoms with Crippen LogP contribution in [0.5, 0.6) is 5.75 Å². The van der Waals surface area contributed by atoms with Gasteiger partial charge in [0.2, 0.25) is 5.91 Å². The molecule has 33 heavy (non-hydrogen) atoms. The van der Waals surface area contributed by atoms with Gasteiger partial charge in [0.15, 0.2) is 11.0 Å². The molecule has 0 aliphatic carbocycles. The predicted molar refractivity (Wildman–Crippen MR) is 131 cm³/mol. The number of fused-ring (bicyclic) bond motifs is 1. The third-order valence-electron chi connectivity index (χ3n) is 5.78. The molecule has 7 heteroatoms. The Bertz CT molecular complexity index is 1270. The first-order valence-electron chi connectivity index (χ1n) is 10.9. The SMILES string of the molecule is COc1ccc(-n2c(SC(C)C(=O)N3CCc4ccccc43)nnc2-c2ccccc2)cc1. The topological polar surface area (TPSA) is 60.2 Å². The first-order chi connectivity index (χ1) is 16.2. The molecular weight excluding hydrogens is 432 g/mol. The number of nitrogens with zero attached hydrogens (tertiary/aromatic N) is 4. The zero-order valence-electron chi connectivity index (χ0n) is 18.5. The molecule has 4 aromatic rings. The lowest BCUT2D eigenvalue weighted by Gasteiger charge is -2.21. The number of hydrogen-bond donors (Lipinski definition) is 0. The van der Waals surface area contributed by atoms with Crippen molar-refractivity contribution in [2.75, 3.05) is 18.6 Å². The minimum atomic E-state index is -0.319. The van der Waals surface area contributed by atoms with Gasteiger partial charge in [-0.3, -0.25) is 9.36 Å². The number of para-hydroxylation sites is 1. The summed E-state index contributed by atoms with van der Waals surface area (Å²) in [4.78, 5) is 15.2. The largest absolute Gasteiger partial charge is 0.497 e. The van der Waals surface area contributed by atoms with E-state index < -0.39 is 0 Å². The van der Waals surface area contributed by atoms with Gasteiger partial charge in [0.05, 0.1) is 12.4 Å². The normalized spacial score (nSPS) is 13.6. The quantitative estimate of drug-likeness (QED) is 0.382. The second-order valence-electron chi connectivity index (χ2n) is 7.83. The van der Waals surface area contributed by atoms with Gasteiger partial charge in [-0.25, -0.2) is 0 Å². The highest BCUT2D eigenvalue weighted by Crippen LogP contribution is 2.34. The van der Waals surface area contributed by atoms with Crippen LogP contribution in [0.4, 0.5) is 5.69 Å². The molecular formula is C26H24N4O2S. The Balaban J connectivity index is 1.48. The number of amides is 1. The van der Waals surface area contributed by atoms with Crippen molar-refractivity contribution in [3.05, 3.63) is 84.4 Å². The van der Waals surface area contributed by atoms with E-state index in [9.17, 15) is 4.79 Å². The number of carbonyl (C=O) groups is 1. The third kappa shape index (κ3) is 4.12. The van der Waals surface area contributed by atoms with Crippen molar-refractivity contribution in [2.24, 2.45) is 0 Å². The molecule has 0 spiro atoms. The van der Waals surface area contributed by atoms with Gasteiger partial charge in [-0.15, -0.1) is 10.2 Å². The molecule has 1 amide bonds. The molecule has 0 saturated heterocycles. The summed E-state index contributed by atoms with van der Waals surface area (Å²) in [6, 6.07) is 25.8. The summed E-state index contributed by atoms with van der Waals surface area (Å²) in [6.45, 7) is 2.65. The van der Waals surface area contributed by atoms with Gasteiger partial charge in [0.25, 0.3) is 0 Å². The van der Waals surface area contributed by atoms with Crippen molar-refractivity contribution in [3.8, 4) is 22.8 Å². The zero-order valence-corrected chi connectivity index (χ0v) is 19.3. The van der Waals surface area contributed by atoms with E-state index >= 15 is 0 Å². The van der Waals surface area contributed by atoms with Crippen LogP contribution in [0.2, 0.25) is 0 Å². The summed E-state index contributed by atoms with van der Waals surface area (Å²) in [6.07, 6.45) is 0.888. The molecule has 0 saturated carbocycles. The minimum absolute atomic E-state index is 0.0792. The molecule has 0 radical (unpaired) electrons. The van der Waals surface area contributed by atoms with Gasteiger partial charge in [0.1, 0.15) is 5.75 Å². The Morgan fingerprint density at radius 3 is 2.45 bits per heavy atom. The van der Waals surface area contributed by atoms with E-state index in [2.05, 4.69) is 16.3 Å². The number of methoxy groups -OCH3 is 1. The Labute approximate surface area is 197 Å². The molecule has 1 aliphatic heterocycles. The summed E-state index contributed by atoms with van der Waals surface area (Å²) in [7, 11) is 1.65. The number of anilines is 1. The standard InChI is InChI=1S/C26H24N4O2S/c1-18(25(31)29-17-16-19-8-6-7-11-23(19)29)33-26-28-27-24(20-9-4-3-5-10-20)30(26)21-12-14-22(32-2)15-13-21/h3-15,18H,16-17H2,1-2H3. The number of thioether (sulfide) groups is 1. The van der Waals surface area contributed by atoms with Gasteiger partial charge in [0, 0.05) is 23.5 Å². The van der Waals surface area contributed by atoms with E-state index in [0.29, 0.717) is 11.7 Å². The van der Waals surface area contributed by atoms with Crippen LogP contribution in [-0.2, 0) is 11.2 Å². The third-order valence-corrected chi connectivity index (χ3v) is 6.81. The maximum atomic E-state index is 13.4. The molecule has 1 aromatic heterocycles. The van der Waals surface area contributed by atoms with Crippen LogP contribution in [-0.4, -0.2) is 39.6 Å². The monoisotopic (exact) mass is 456 g/mol. The summed E-state index contributed by atoms with van der Waals surface area (Å²) < 4.78 is 7.32. The number of rotatable bonds is 6. The van der Waals surface area contributed by atoms with E-state index in [0.717, 1.165) is 34.9 Å². The predicted octanol–water partition coefficient (Wildman–Crippen LogP) is 5.01. The Hall–Kier alpha value is -3.58. The molecule has 0 N–H and O–H groups in total. The highest BCUT2D eigenvalue weighted by atomic mass is 32.2. The maximum absolute atomic E-state index is 13.4. The molecule has 1 unspecified atom stereocenters. The van der Waals surface area contributed by atoms with E-state index in [1.54, 1.807) is 7.11 Å². The van der Waals surface area contributed by atoms with Gasteiger partial charge in [-0.1, -0.05) is 60.3 Å². The first-order valence-corrected chi connectivity index (χ1v) is 11.7. The van der Waals surface area contributed by atoms with Gasteiger partial charge in [-0.2, -0.15) is 0 Å². The summed E-state index contributed by atoms with van der Waals surface area (Å²) in [5.41, 5.74) is 4.10. The van der Waals surface area contributed by atoms with E-state index in [4.69, 9.17) is 4.74 Å². The summed E-state index contributed by atoms with van der Waals surface area (Å²) in [5, 5.41) is 9.32. The Morgan fingerprint density at radius 2 is 1.70 bits per heavy atom. The molecule has 0 fully saturated rings. The molecule has 3 aromatic carbocycles. The smallest absolute Gasteiger partial charge is 0.240 e. The number of aromatic nitrogens is 3. The number of carbonyl (C=O) groups excluding carboxylic acids is 1. The Morgan fingerprint density at radius 1 is 0.970 bits per heavy atom. The van der Waals surface area contributed by atoms with Crippen LogP contribution in [0.15, 0.2) is 84.0 Å². The fourth-order valence-corrected chi connectivity index (χ4v) is 5.01. The summed E-state index contributed by atoms with van der Waals surface area (Å²) in [5.74, 6) is 1.59. The highest BCUT2D eigenvalue weighted by Gasteiger charge is 2.30. The average Bonchev–Trinajstić information content (AvgIpc) is 3.48. The Kier molecular flexibility index (Phi) is 5.88. The lowest BCUT2D eigenvalue weighted by molar-refractivity contribution is -0.117. The van der Waals surface area contributed by atoms with Crippen LogP contribution < -0.4 is 9.64 Å². The molecule has 6 nitrogen and oxygen atoms in total. The van der Waals surface area contributed by atoms with E-state index in [1.165, 1.54) is 17.3 Å². The highest BCUT2D eigenvalue weighted by molar-refractivity contribution is 8.00. The van der Waals surface area contributed by atoms with Crippen molar-refractivity contribution in [1.82, 2.24) is 14.8 Å². The number of ether oxygens (including phenoxy) is 1. The van der Waals surface area contributed by atoms with Crippen LogP contribution in [0.25, 0.3) is 17.1 Å². The number of benzene rings is 3. The molecule has 1 atom stereocenters. The molecule has 2 heterocycles. The fourth-order valence-electron chi connectivity index (χ4n) is 4.08. The van der Waals surface area contributed by atoms with Crippen LogP contribution in [0, 0.1) is 0 Å².